The lowest BCUT2D eigenvalue weighted by Gasteiger charge is -2.35. The number of likely N-dealkylation sites (tertiary alicyclic amines) is 1. The van der Waals surface area contributed by atoms with Crippen molar-refractivity contribution < 1.29 is 27.5 Å². The number of thiazole rings is 1. The van der Waals surface area contributed by atoms with E-state index < -0.39 is 23.5 Å². The van der Waals surface area contributed by atoms with Crippen molar-refractivity contribution in [3.05, 3.63) is 52.8 Å². The molecule has 1 atom stereocenters. The molecule has 4 heterocycles. The van der Waals surface area contributed by atoms with Crippen molar-refractivity contribution in [3.8, 4) is 11.3 Å². The smallest absolute Gasteiger partial charge is 0.416 e. The Balaban J connectivity index is 1.37. The van der Waals surface area contributed by atoms with E-state index in [0.717, 1.165) is 68.3 Å². The third kappa shape index (κ3) is 7.32. The summed E-state index contributed by atoms with van der Waals surface area (Å²) in [6, 6.07) is 6.67. The number of nitrogens with zero attached hydrogens (tertiary/aromatic N) is 5. The summed E-state index contributed by atoms with van der Waals surface area (Å²) in [6.07, 6.45) is -0.794. The van der Waals surface area contributed by atoms with Gasteiger partial charge in [-0.05, 0) is 50.6 Å². The topological polar surface area (TPSA) is 84.8 Å². The second-order valence-electron chi connectivity index (χ2n) is 10.5. The molecule has 1 aromatic carbocycles. The van der Waals surface area contributed by atoms with Crippen molar-refractivity contribution in [1.29, 1.82) is 0 Å². The van der Waals surface area contributed by atoms with Crippen LogP contribution >= 0.6 is 11.3 Å². The average molecular weight is 593 g/mol. The van der Waals surface area contributed by atoms with Crippen molar-refractivity contribution in [3.63, 3.8) is 0 Å². The molecule has 0 amide bonds. The van der Waals surface area contributed by atoms with E-state index in [2.05, 4.69) is 36.9 Å². The maximum absolute atomic E-state index is 14.3. The van der Waals surface area contributed by atoms with Crippen LogP contribution in [0.15, 0.2) is 36.5 Å². The van der Waals surface area contributed by atoms with Crippen LogP contribution in [0.2, 0.25) is 0 Å². The fraction of sp³-hybridized carbons (Fsp3) is 0.464. The standard InChI is InChI=1S/C28H32F4N6O2S/c1-18-3-2-7-38(18)17-23-26(19-13-20(28(30,31)32)15-21(29)14-19)35-27(41-23)34-24-16-22(4-6-33-24)37-11-9-36(10-12-37)8-5-25(39)40/h4,6,13-16,18H,2-3,5,7-12,17H2,1H3,(H,39,40)(H,33,34,35)/t18-/m1/s1. The van der Waals surface area contributed by atoms with Gasteiger partial charge in [-0.3, -0.25) is 14.6 Å². The van der Waals surface area contributed by atoms with Crippen LogP contribution in [0, 0.1) is 5.82 Å². The third-order valence-electron chi connectivity index (χ3n) is 7.59. The zero-order chi connectivity index (χ0) is 29.1. The number of hydrogen-bond donors (Lipinski definition) is 2. The van der Waals surface area contributed by atoms with Crippen LogP contribution in [0.1, 0.15) is 36.6 Å². The number of carbonyl (C=O) groups is 1. The first kappa shape index (κ1) is 29.2. The molecule has 2 fully saturated rings. The number of aromatic nitrogens is 2. The van der Waals surface area contributed by atoms with E-state index in [1.807, 2.05) is 12.1 Å². The Hall–Kier alpha value is -3.29. The molecule has 2 saturated heterocycles. The average Bonchev–Trinajstić information content (AvgIpc) is 3.52. The molecule has 0 aliphatic carbocycles. The van der Waals surface area contributed by atoms with Gasteiger partial charge in [-0.1, -0.05) is 11.3 Å². The number of rotatable bonds is 9. The molecule has 220 valence electrons. The first-order chi connectivity index (χ1) is 19.5. The van der Waals surface area contributed by atoms with Crippen molar-refractivity contribution in [1.82, 2.24) is 19.8 Å². The van der Waals surface area contributed by atoms with Gasteiger partial charge in [-0.15, -0.1) is 0 Å². The lowest BCUT2D eigenvalue weighted by atomic mass is 10.1. The summed E-state index contributed by atoms with van der Waals surface area (Å²) in [5.41, 5.74) is 0.317. The Kier molecular flexibility index (Phi) is 8.76. The van der Waals surface area contributed by atoms with Gasteiger partial charge >= 0.3 is 12.1 Å². The monoisotopic (exact) mass is 592 g/mol. The Morgan fingerprint density at radius 1 is 1.15 bits per heavy atom. The predicted octanol–water partition coefficient (Wildman–Crippen LogP) is 5.69. The fourth-order valence-electron chi connectivity index (χ4n) is 5.32. The number of carboxylic acids is 1. The molecule has 13 heteroatoms. The number of hydrogen-bond acceptors (Lipinski definition) is 8. The molecule has 5 rings (SSSR count). The van der Waals surface area contributed by atoms with Gasteiger partial charge in [-0.25, -0.2) is 14.4 Å². The van der Waals surface area contributed by atoms with Crippen molar-refractivity contribution >= 4 is 33.9 Å². The molecule has 0 bridgehead atoms. The number of halogens is 4. The zero-order valence-corrected chi connectivity index (χ0v) is 23.4. The molecule has 0 unspecified atom stereocenters. The Labute approximate surface area is 239 Å². The summed E-state index contributed by atoms with van der Waals surface area (Å²) in [6.45, 7) is 7.01. The van der Waals surface area contributed by atoms with Gasteiger partial charge in [0.15, 0.2) is 5.13 Å². The minimum absolute atomic E-state index is 0.0888. The van der Waals surface area contributed by atoms with E-state index in [-0.39, 0.29) is 12.0 Å². The second-order valence-corrected chi connectivity index (χ2v) is 11.6. The largest absolute Gasteiger partial charge is 0.481 e. The van der Waals surface area contributed by atoms with Crippen molar-refractivity contribution in [2.45, 2.75) is 44.9 Å². The minimum Gasteiger partial charge on any atom is -0.481 e. The number of pyridine rings is 1. The van der Waals surface area contributed by atoms with Gasteiger partial charge in [0.1, 0.15) is 11.6 Å². The molecule has 0 spiro atoms. The van der Waals surface area contributed by atoms with Crippen LogP contribution in [0.4, 0.5) is 34.2 Å². The minimum atomic E-state index is -4.68. The van der Waals surface area contributed by atoms with E-state index in [4.69, 9.17) is 5.11 Å². The number of nitrogens with one attached hydrogen (secondary N) is 1. The summed E-state index contributed by atoms with van der Waals surface area (Å²) in [5, 5.41) is 12.6. The second kappa shape index (κ2) is 12.3. The number of piperazine rings is 1. The highest BCUT2D eigenvalue weighted by Crippen LogP contribution is 2.38. The van der Waals surface area contributed by atoms with Crippen LogP contribution in [0.25, 0.3) is 11.3 Å². The quantitative estimate of drug-likeness (QED) is 0.307. The molecule has 8 nitrogen and oxygen atoms in total. The molecule has 41 heavy (non-hydrogen) atoms. The van der Waals surface area contributed by atoms with E-state index in [9.17, 15) is 22.4 Å². The molecule has 2 N–H and O–H groups in total. The zero-order valence-electron chi connectivity index (χ0n) is 22.6. The predicted molar refractivity (Wildman–Crippen MR) is 150 cm³/mol. The van der Waals surface area contributed by atoms with E-state index in [0.29, 0.717) is 41.8 Å². The van der Waals surface area contributed by atoms with Gasteiger partial charge < -0.3 is 15.3 Å². The van der Waals surface area contributed by atoms with E-state index >= 15 is 0 Å². The Morgan fingerprint density at radius 3 is 2.61 bits per heavy atom. The van der Waals surface area contributed by atoms with Crippen LogP contribution < -0.4 is 10.2 Å². The normalized spacial score (nSPS) is 18.7. The maximum atomic E-state index is 14.3. The first-order valence-electron chi connectivity index (χ1n) is 13.6. The summed E-state index contributed by atoms with van der Waals surface area (Å²) in [7, 11) is 0. The number of aliphatic carboxylic acids is 1. The van der Waals surface area contributed by atoms with Crippen molar-refractivity contribution in [2.24, 2.45) is 0 Å². The SMILES string of the molecule is C[C@@H]1CCCN1Cc1sc(Nc2cc(N3CCN(CCC(=O)O)CC3)ccn2)nc1-c1cc(F)cc(C(F)(F)F)c1. The number of alkyl halides is 3. The molecule has 2 aliphatic heterocycles. The molecule has 0 radical (unpaired) electrons. The van der Waals surface area contributed by atoms with Crippen LogP contribution in [-0.4, -0.2) is 76.2 Å². The van der Waals surface area contributed by atoms with Crippen LogP contribution in [-0.2, 0) is 17.5 Å². The first-order valence-corrected chi connectivity index (χ1v) is 14.4. The maximum Gasteiger partial charge on any atom is 0.416 e. The van der Waals surface area contributed by atoms with Crippen LogP contribution in [0.5, 0.6) is 0 Å². The highest BCUT2D eigenvalue weighted by Gasteiger charge is 2.32. The van der Waals surface area contributed by atoms with Gasteiger partial charge in [0.05, 0.1) is 17.7 Å². The molecule has 2 aliphatic rings. The van der Waals surface area contributed by atoms with Crippen molar-refractivity contribution in [2.75, 3.05) is 49.5 Å². The molecular weight excluding hydrogens is 560 g/mol. The molecule has 3 aromatic rings. The number of benzene rings is 1. The van der Waals surface area contributed by atoms with Gasteiger partial charge in [0.2, 0.25) is 0 Å². The number of carboxylic acid groups (broad SMARTS) is 1. The third-order valence-corrected chi connectivity index (χ3v) is 8.55. The van der Waals surface area contributed by atoms with Crippen LogP contribution in [0.3, 0.4) is 0 Å². The van der Waals surface area contributed by atoms with Gasteiger partial charge in [0, 0.05) is 73.7 Å². The fourth-order valence-corrected chi connectivity index (χ4v) is 6.33. The highest BCUT2D eigenvalue weighted by molar-refractivity contribution is 7.16. The Morgan fingerprint density at radius 2 is 1.93 bits per heavy atom. The van der Waals surface area contributed by atoms with E-state index in [1.54, 1.807) is 6.20 Å². The summed E-state index contributed by atoms with van der Waals surface area (Å²) < 4.78 is 54.8. The van der Waals surface area contributed by atoms with Gasteiger partial charge in [-0.2, -0.15) is 13.2 Å². The number of anilines is 3. The highest BCUT2D eigenvalue weighted by atomic mass is 32.1. The van der Waals surface area contributed by atoms with Gasteiger partial charge in [0.25, 0.3) is 0 Å². The summed E-state index contributed by atoms with van der Waals surface area (Å²) in [4.78, 5) is 27.3. The summed E-state index contributed by atoms with van der Waals surface area (Å²) in [5.74, 6) is -1.23. The molecule has 2 aromatic heterocycles. The summed E-state index contributed by atoms with van der Waals surface area (Å²) >= 11 is 1.33. The lowest BCUT2D eigenvalue weighted by molar-refractivity contribution is -0.138. The lowest BCUT2D eigenvalue weighted by Crippen LogP contribution is -2.46. The molecule has 0 saturated carbocycles. The van der Waals surface area contributed by atoms with E-state index in [1.165, 1.54) is 11.3 Å². The Bertz CT molecular complexity index is 1380. The molecular formula is C28H32F4N6O2S.